The fraction of sp³-hybridized carbons (Fsp3) is 0.125. The summed E-state index contributed by atoms with van der Waals surface area (Å²) in [6.07, 6.45) is 0. The van der Waals surface area contributed by atoms with E-state index in [0.717, 1.165) is 22.3 Å². The minimum Gasteiger partial charge on any atom is -0.497 e. The van der Waals surface area contributed by atoms with E-state index in [9.17, 15) is 0 Å². The van der Waals surface area contributed by atoms with Gasteiger partial charge >= 0.3 is 0 Å². The summed E-state index contributed by atoms with van der Waals surface area (Å²) in [7, 11) is 3.36. The smallest absolute Gasteiger partial charge is 0.130 e. The first kappa shape index (κ1) is 10.9. The molecule has 0 aliphatic carbocycles. The van der Waals surface area contributed by atoms with Crippen LogP contribution in [0.4, 0.5) is 0 Å². The molecule has 3 aromatic carbocycles. The molecule has 90 valence electrons. The monoisotopic (exact) mass is 238 g/mol. The van der Waals surface area contributed by atoms with E-state index in [0.29, 0.717) is 0 Å². The van der Waals surface area contributed by atoms with Gasteiger partial charge in [-0.05, 0) is 22.2 Å². The van der Waals surface area contributed by atoms with E-state index in [1.807, 2.05) is 18.2 Å². The van der Waals surface area contributed by atoms with Gasteiger partial charge in [0.1, 0.15) is 11.5 Å². The molecule has 0 N–H and O–H groups in total. The predicted octanol–water partition coefficient (Wildman–Crippen LogP) is 4.01. The predicted molar refractivity (Wildman–Crippen MR) is 74.6 cm³/mol. The molecule has 3 aromatic rings. The average Bonchev–Trinajstić information content (AvgIpc) is 2.45. The van der Waals surface area contributed by atoms with Crippen molar-refractivity contribution in [3.63, 3.8) is 0 Å². The molecule has 18 heavy (non-hydrogen) atoms. The number of fused-ring (bicyclic) bond motifs is 3. The zero-order valence-corrected chi connectivity index (χ0v) is 10.4. The third kappa shape index (κ3) is 1.58. The molecule has 2 heteroatoms. The SMILES string of the molecule is COc1cc(OC)c2ccc3ccccc3c2c1. The van der Waals surface area contributed by atoms with Crippen LogP contribution in [0.15, 0.2) is 48.5 Å². The number of ether oxygens (including phenoxy) is 2. The number of hydrogen-bond acceptors (Lipinski definition) is 2. The molecular formula is C16H14O2. The van der Waals surface area contributed by atoms with Crippen molar-refractivity contribution in [2.75, 3.05) is 14.2 Å². The Bertz CT molecular complexity index is 717. The molecule has 0 aliphatic rings. The van der Waals surface area contributed by atoms with E-state index < -0.39 is 0 Å². The first-order valence-corrected chi connectivity index (χ1v) is 5.87. The Kier molecular flexibility index (Phi) is 2.56. The molecule has 0 atom stereocenters. The molecule has 0 aliphatic heterocycles. The average molecular weight is 238 g/mol. The van der Waals surface area contributed by atoms with Crippen LogP contribution in [0.1, 0.15) is 0 Å². The van der Waals surface area contributed by atoms with E-state index in [4.69, 9.17) is 9.47 Å². The lowest BCUT2D eigenvalue weighted by Crippen LogP contribution is -1.89. The Labute approximate surface area is 106 Å². The summed E-state index contributed by atoms with van der Waals surface area (Å²) in [6.45, 7) is 0. The van der Waals surface area contributed by atoms with Crippen molar-refractivity contribution in [2.45, 2.75) is 0 Å². The fourth-order valence-corrected chi connectivity index (χ4v) is 2.34. The van der Waals surface area contributed by atoms with E-state index in [2.05, 4.69) is 30.3 Å². The van der Waals surface area contributed by atoms with Crippen LogP contribution < -0.4 is 9.47 Å². The van der Waals surface area contributed by atoms with Gasteiger partial charge in [-0.2, -0.15) is 0 Å². The van der Waals surface area contributed by atoms with Gasteiger partial charge < -0.3 is 9.47 Å². The Morgan fingerprint density at radius 1 is 0.722 bits per heavy atom. The summed E-state index contributed by atoms with van der Waals surface area (Å²) in [5.41, 5.74) is 0. The third-order valence-corrected chi connectivity index (χ3v) is 3.25. The fourth-order valence-electron chi connectivity index (χ4n) is 2.34. The van der Waals surface area contributed by atoms with Crippen LogP contribution in [-0.4, -0.2) is 14.2 Å². The van der Waals surface area contributed by atoms with Gasteiger partial charge in [0.05, 0.1) is 14.2 Å². The Balaban J connectivity index is 2.48. The zero-order chi connectivity index (χ0) is 12.5. The maximum Gasteiger partial charge on any atom is 0.130 e. The number of hydrogen-bond donors (Lipinski definition) is 0. The quantitative estimate of drug-likeness (QED) is 0.628. The van der Waals surface area contributed by atoms with Crippen LogP contribution in [0, 0.1) is 0 Å². The molecule has 0 radical (unpaired) electrons. The molecular weight excluding hydrogens is 224 g/mol. The number of methoxy groups -OCH3 is 2. The van der Waals surface area contributed by atoms with Crippen LogP contribution in [0.3, 0.4) is 0 Å². The highest BCUT2D eigenvalue weighted by Gasteiger charge is 2.07. The van der Waals surface area contributed by atoms with Crippen LogP contribution in [-0.2, 0) is 0 Å². The summed E-state index contributed by atoms with van der Waals surface area (Å²) in [5, 5.41) is 4.70. The lowest BCUT2D eigenvalue weighted by Gasteiger charge is -2.10. The molecule has 0 spiro atoms. The van der Waals surface area contributed by atoms with E-state index in [1.165, 1.54) is 10.8 Å². The summed E-state index contributed by atoms with van der Waals surface area (Å²) < 4.78 is 10.8. The van der Waals surface area contributed by atoms with Crippen LogP contribution >= 0.6 is 0 Å². The third-order valence-electron chi connectivity index (χ3n) is 3.25. The zero-order valence-electron chi connectivity index (χ0n) is 10.4. The molecule has 0 amide bonds. The topological polar surface area (TPSA) is 18.5 Å². The highest BCUT2D eigenvalue weighted by molar-refractivity contribution is 6.09. The highest BCUT2D eigenvalue weighted by Crippen LogP contribution is 2.35. The van der Waals surface area contributed by atoms with Gasteiger partial charge in [0.15, 0.2) is 0 Å². The van der Waals surface area contributed by atoms with Crippen LogP contribution in [0.5, 0.6) is 11.5 Å². The second kappa shape index (κ2) is 4.22. The maximum atomic E-state index is 5.44. The van der Waals surface area contributed by atoms with Gasteiger partial charge in [0.2, 0.25) is 0 Å². The van der Waals surface area contributed by atoms with Gasteiger partial charge in [0, 0.05) is 11.5 Å². The largest absolute Gasteiger partial charge is 0.497 e. The lowest BCUT2D eigenvalue weighted by molar-refractivity contribution is 0.398. The molecule has 0 fully saturated rings. The molecule has 0 saturated carbocycles. The first-order valence-electron chi connectivity index (χ1n) is 5.87. The van der Waals surface area contributed by atoms with Gasteiger partial charge in [-0.15, -0.1) is 0 Å². The lowest BCUT2D eigenvalue weighted by atomic mass is 10.0. The van der Waals surface area contributed by atoms with Crippen molar-refractivity contribution in [1.82, 2.24) is 0 Å². The second-order valence-corrected chi connectivity index (χ2v) is 4.21. The first-order chi connectivity index (χ1) is 8.83. The Hall–Kier alpha value is -2.22. The minimum absolute atomic E-state index is 0.815. The van der Waals surface area contributed by atoms with Crippen molar-refractivity contribution < 1.29 is 9.47 Å². The number of rotatable bonds is 2. The molecule has 0 heterocycles. The standard InChI is InChI=1S/C16H14O2/c1-17-12-9-15-13-6-4-3-5-11(13)7-8-14(15)16(10-12)18-2/h3-10H,1-2H3. The second-order valence-electron chi connectivity index (χ2n) is 4.21. The Morgan fingerprint density at radius 3 is 2.33 bits per heavy atom. The summed E-state index contributed by atoms with van der Waals surface area (Å²) >= 11 is 0. The van der Waals surface area contributed by atoms with Gasteiger partial charge in [-0.3, -0.25) is 0 Å². The molecule has 3 rings (SSSR count). The van der Waals surface area contributed by atoms with Crippen molar-refractivity contribution in [1.29, 1.82) is 0 Å². The van der Waals surface area contributed by atoms with E-state index in [1.54, 1.807) is 14.2 Å². The van der Waals surface area contributed by atoms with E-state index >= 15 is 0 Å². The van der Waals surface area contributed by atoms with E-state index in [-0.39, 0.29) is 0 Å². The van der Waals surface area contributed by atoms with Gasteiger partial charge in [-0.25, -0.2) is 0 Å². The van der Waals surface area contributed by atoms with Gasteiger partial charge in [0.25, 0.3) is 0 Å². The Morgan fingerprint density at radius 2 is 1.56 bits per heavy atom. The number of benzene rings is 3. The molecule has 0 unspecified atom stereocenters. The molecule has 0 bridgehead atoms. The maximum absolute atomic E-state index is 5.44. The van der Waals surface area contributed by atoms with Gasteiger partial charge in [-0.1, -0.05) is 36.4 Å². The highest BCUT2D eigenvalue weighted by atomic mass is 16.5. The summed E-state index contributed by atoms with van der Waals surface area (Å²) in [6, 6.07) is 16.5. The van der Waals surface area contributed by atoms with Crippen molar-refractivity contribution in [3.05, 3.63) is 48.5 Å². The summed E-state index contributed by atoms with van der Waals surface area (Å²) in [5.74, 6) is 1.66. The summed E-state index contributed by atoms with van der Waals surface area (Å²) in [4.78, 5) is 0. The normalized spacial score (nSPS) is 10.8. The molecule has 0 saturated heterocycles. The molecule has 2 nitrogen and oxygen atoms in total. The van der Waals surface area contributed by atoms with Crippen molar-refractivity contribution in [2.24, 2.45) is 0 Å². The molecule has 0 aromatic heterocycles. The van der Waals surface area contributed by atoms with Crippen LogP contribution in [0.2, 0.25) is 0 Å². The minimum atomic E-state index is 0.815. The van der Waals surface area contributed by atoms with Crippen LogP contribution in [0.25, 0.3) is 21.5 Å². The van der Waals surface area contributed by atoms with Crippen molar-refractivity contribution in [3.8, 4) is 11.5 Å². The van der Waals surface area contributed by atoms with Crippen molar-refractivity contribution >= 4 is 21.5 Å².